The second-order valence-corrected chi connectivity index (χ2v) is 3.70. The average Bonchev–Trinajstić information content (AvgIpc) is 2.38. The third kappa shape index (κ3) is 3.41. The first kappa shape index (κ1) is 12.3. The first-order valence-electron chi connectivity index (χ1n) is 5.53. The molecular weight excluding hydrogens is 230 g/mol. The van der Waals surface area contributed by atoms with E-state index in [1.54, 1.807) is 13.1 Å². The van der Waals surface area contributed by atoms with Gasteiger partial charge in [0.25, 0.3) is 0 Å². The van der Waals surface area contributed by atoms with Gasteiger partial charge in [-0.25, -0.2) is 15.4 Å². The summed E-state index contributed by atoms with van der Waals surface area (Å²) in [5, 5.41) is 0. The van der Waals surface area contributed by atoms with Gasteiger partial charge in [0.15, 0.2) is 0 Å². The Hall–Kier alpha value is -2.18. The number of hydrazine groups is 1. The third-order valence-corrected chi connectivity index (χ3v) is 2.28. The summed E-state index contributed by atoms with van der Waals surface area (Å²) in [6.07, 6.45) is 1.69. The van der Waals surface area contributed by atoms with Crippen LogP contribution in [-0.4, -0.2) is 9.97 Å². The van der Waals surface area contributed by atoms with Gasteiger partial charge in [0.1, 0.15) is 17.4 Å². The van der Waals surface area contributed by atoms with E-state index in [0.29, 0.717) is 18.2 Å². The number of nitrogens with one attached hydrogen (secondary N) is 2. The van der Waals surface area contributed by atoms with Crippen LogP contribution in [0.2, 0.25) is 0 Å². The summed E-state index contributed by atoms with van der Waals surface area (Å²) in [7, 11) is 0. The van der Waals surface area contributed by atoms with Gasteiger partial charge in [-0.3, -0.25) is 0 Å². The van der Waals surface area contributed by atoms with E-state index in [1.165, 1.54) is 0 Å². The first-order chi connectivity index (χ1) is 8.75. The largest absolute Gasteiger partial charge is 0.394 e. The smallest absolute Gasteiger partial charge is 0.149 e. The maximum absolute atomic E-state index is 5.76. The molecule has 0 atom stereocenters. The lowest BCUT2D eigenvalue weighted by Gasteiger charge is -2.09. The van der Waals surface area contributed by atoms with E-state index in [2.05, 4.69) is 21.0 Å². The fourth-order valence-electron chi connectivity index (χ4n) is 1.36. The molecule has 0 spiro atoms. The number of anilines is 1. The van der Waals surface area contributed by atoms with Crippen LogP contribution in [0.25, 0.3) is 0 Å². The van der Waals surface area contributed by atoms with Gasteiger partial charge in [0.2, 0.25) is 0 Å². The van der Waals surface area contributed by atoms with E-state index in [0.717, 1.165) is 11.3 Å². The molecule has 1 heterocycles. The highest BCUT2D eigenvalue weighted by molar-refractivity contribution is 5.37. The summed E-state index contributed by atoms with van der Waals surface area (Å²) in [5.74, 6) is 1.85. The second-order valence-electron chi connectivity index (χ2n) is 3.70. The van der Waals surface area contributed by atoms with Gasteiger partial charge in [-0.05, 0) is 19.1 Å². The molecule has 0 unspecified atom stereocenters. The maximum atomic E-state index is 5.76. The standard InChI is InChI=1S/C12H15N5O/c1-9-14-7-10(12(13)16-9)8-15-17-18-11-5-3-2-4-6-11/h2-7,15,17H,8H2,1H3,(H2,13,14,16). The van der Waals surface area contributed by atoms with Gasteiger partial charge in [-0.2, -0.15) is 0 Å². The molecule has 94 valence electrons. The zero-order valence-corrected chi connectivity index (χ0v) is 10.1. The molecule has 0 bridgehead atoms. The second kappa shape index (κ2) is 5.95. The Kier molecular flexibility index (Phi) is 4.06. The zero-order chi connectivity index (χ0) is 12.8. The molecule has 2 rings (SSSR count). The maximum Gasteiger partial charge on any atom is 0.149 e. The SMILES string of the molecule is Cc1ncc(CNNOc2ccccc2)c(N)n1. The van der Waals surface area contributed by atoms with Crippen molar-refractivity contribution in [2.45, 2.75) is 13.5 Å². The van der Waals surface area contributed by atoms with Gasteiger partial charge in [-0.1, -0.05) is 23.8 Å². The van der Waals surface area contributed by atoms with E-state index in [1.807, 2.05) is 30.3 Å². The number of nitrogens with two attached hydrogens (primary N) is 1. The topological polar surface area (TPSA) is 85.1 Å². The molecule has 0 aliphatic heterocycles. The molecule has 6 heteroatoms. The van der Waals surface area contributed by atoms with Crippen molar-refractivity contribution in [3.05, 3.63) is 47.9 Å². The lowest BCUT2D eigenvalue weighted by atomic mass is 10.3. The molecule has 4 N–H and O–H groups in total. The minimum absolute atomic E-state index is 0.469. The van der Waals surface area contributed by atoms with Crippen LogP contribution in [0.1, 0.15) is 11.4 Å². The number of nitrogen functional groups attached to an aromatic ring is 1. The minimum atomic E-state index is 0.469. The summed E-state index contributed by atoms with van der Waals surface area (Å²) < 4.78 is 0. The predicted octanol–water partition coefficient (Wildman–Crippen LogP) is 0.955. The van der Waals surface area contributed by atoms with Crippen molar-refractivity contribution in [2.75, 3.05) is 5.73 Å². The summed E-state index contributed by atoms with van der Waals surface area (Å²) in [6.45, 7) is 2.27. The quantitative estimate of drug-likeness (QED) is 0.537. The Morgan fingerprint density at radius 3 is 2.78 bits per heavy atom. The number of rotatable bonds is 5. The van der Waals surface area contributed by atoms with Crippen molar-refractivity contribution < 1.29 is 4.84 Å². The Labute approximate surface area is 105 Å². The predicted molar refractivity (Wildman–Crippen MR) is 68.2 cm³/mol. The van der Waals surface area contributed by atoms with Crippen molar-refractivity contribution in [2.24, 2.45) is 0 Å². The zero-order valence-electron chi connectivity index (χ0n) is 10.1. The molecule has 0 fully saturated rings. The van der Waals surface area contributed by atoms with E-state index in [-0.39, 0.29) is 0 Å². The number of para-hydroxylation sites is 1. The Balaban J connectivity index is 1.79. The highest BCUT2D eigenvalue weighted by atomic mass is 16.7. The molecule has 6 nitrogen and oxygen atoms in total. The van der Waals surface area contributed by atoms with Crippen LogP contribution < -0.4 is 21.6 Å². The van der Waals surface area contributed by atoms with Gasteiger partial charge < -0.3 is 10.6 Å². The van der Waals surface area contributed by atoms with Gasteiger partial charge in [0, 0.05) is 18.3 Å². The highest BCUT2D eigenvalue weighted by Gasteiger charge is 2.01. The summed E-state index contributed by atoms with van der Waals surface area (Å²) in [6, 6.07) is 9.40. The molecule has 18 heavy (non-hydrogen) atoms. The van der Waals surface area contributed by atoms with E-state index in [4.69, 9.17) is 10.6 Å². The van der Waals surface area contributed by atoms with E-state index in [9.17, 15) is 0 Å². The first-order valence-corrected chi connectivity index (χ1v) is 5.53. The molecular formula is C12H15N5O. The fraction of sp³-hybridized carbons (Fsp3) is 0.167. The monoisotopic (exact) mass is 245 g/mol. The molecule has 0 aliphatic rings. The van der Waals surface area contributed by atoms with Crippen molar-refractivity contribution in [1.82, 2.24) is 21.0 Å². The van der Waals surface area contributed by atoms with E-state index >= 15 is 0 Å². The van der Waals surface area contributed by atoms with Gasteiger partial charge in [-0.15, -0.1) is 0 Å². The van der Waals surface area contributed by atoms with Crippen molar-refractivity contribution >= 4 is 5.82 Å². The van der Waals surface area contributed by atoms with Crippen LogP contribution in [0.3, 0.4) is 0 Å². The van der Waals surface area contributed by atoms with Gasteiger partial charge in [0.05, 0.1) is 0 Å². The van der Waals surface area contributed by atoms with Crippen molar-refractivity contribution in [3.63, 3.8) is 0 Å². The number of benzene rings is 1. The summed E-state index contributed by atoms with van der Waals surface area (Å²) in [4.78, 5) is 13.4. The summed E-state index contributed by atoms with van der Waals surface area (Å²) in [5.41, 5.74) is 12.1. The lowest BCUT2D eigenvalue weighted by molar-refractivity contribution is 0.147. The minimum Gasteiger partial charge on any atom is -0.394 e. The number of hydrogen-bond donors (Lipinski definition) is 3. The average molecular weight is 245 g/mol. The number of nitrogens with zero attached hydrogens (tertiary/aromatic N) is 2. The molecule has 0 saturated heterocycles. The highest BCUT2D eigenvalue weighted by Crippen LogP contribution is 2.07. The Morgan fingerprint density at radius 1 is 1.28 bits per heavy atom. The fourth-order valence-corrected chi connectivity index (χ4v) is 1.36. The molecule has 0 aliphatic carbocycles. The van der Waals surface area contributed by atoms with Crippen molar-refractivity contribution in [1.29, 1.82) is 0 Å². The molecule has 0 amide bonds. The normalized spacial score (nSPS) is 10.3. The number of aromatic nitrogens is 2. The number of aryl methyl sites for hydroxylation is 1. The molecule has 1 aromatic carbocycles. The molecule has 1 aromatic heterocycles. The van der Waals surface area contributed by atoms with Gasteiger partial charge >= 0.3 is 0 Å². The summed E-state index contributed by atoms with van der Waals surface area (Å²) >= 11 is 0. The van der Waals surface area contributed by atoms with Crippen LogP contribution in [0.15, 0.2) is 36.5 Å². The van der Waals surface area contributed by atoms with Crippen LogP contribution >= 0.6 is 0 Å². The molecule has 0 saturated carbocycles. The van der Waals surface area contributed by atoms with Crippen molar-refractivity contribution in [3.8, 4) is 5.75 Å². The molecule has 2 aromatic rings. The van der Waals surface area contributed by atoms with E-state index < -0.39 is 0 Å². The molecule has 0 radical (unpaired) electrons. The number of hydrogen-bond acceptors (Lipinski definition) is 6. The van der Waals surface area contributed by atoms with Crippen LogP contribution in [-0.2, 0) is 6.54 Å². The Morgan fingerprint density at radius 2 is 2.06 bits per heavy atom. The third-order valence-electron chi connectivity index (χ3n) is 2.28. The van der Waals surface area contributed by atoms with Crippen LogP contribution in [0, 0.1) is 6.92 Å². The Bertz CT molecular complexity index is 503. The lowest BCUT2D eigenvalue weighted by Crippen LogP contribution is -2.34. The van der Waals surface area contributed by atoms with Crippen LogP contribution in [0.5, 0.6) is 5.75 Å². The van der Waals surface area contributed by atoms with Crippen LogP contribution in [0.4, 0.5) is 5.82 Å².